The van der Waals surface area contributed by atoms with Crippen LogP contribution in [0.3, 0.4) is 0 Å². The van der Waals surface area contributed by atoms with Gasteiger partial charge in [0, 0.05) is 22.5 Å². The maximum Gasteiger partial charge on any atom is 0.377 e. The number of nitrogens with one attached hydrogen (secondary N) is 1. The molecule has 1 unspecified atom stereocenters. The van der Waals surface area contributed by atoms with Crippen molar-refractivity contribution < 1.29 is 18.7 Å². The van der Waals surface area contributed by atoms with Crippen LogP contribution in [0, 0.1) is 0 Å². The minimum atomic E-state index is -3.55. The Morgan fingerprint density at radius 3 is 2.55 bits per heavy atom. The van der Waals surface area contributed by atoms with Crippen LogP contribution in [-0.4, -0.2) is 28.5 Å². The summed E-state index contributed by atoms with van der Waals surface area (Å²) < 4.78 is 24.0. The zero-order valence-corrected chi connectivity index (χ0v) is 7.36. The quantitative estimate of drug-likeness (QED) is 0.695. The van der Waals surface area contributed by atoms with E-state index in [0.717, 1.165) is 0 Å². The fraction of sp³-hybridized carbons (Fsp3) is 0.800. The van der Waals surface area contributed by atoms with Crippen LogP contribution in [-0.2, 0) is 4.79 Å². The predicted octanol–water partition coefficient (Wildman–Crippen LogP) is 0.471. The molecule has 0 spiro atoms. The zero-order valence-electron chi connectivity index (χ0n) is 5.77. The summed E-state index contributed by atoms with van der Waals surface area (Å²) in [5, 5.41) is 10.4. The van der Waals surface area contributed by atoms with E-state index < -0.39 is 16.8 Å². The number of rotatable bonds is 3. The van der Waals surface area contributed by atoms with Gasteiger partial charge in [0.05, 0.1) is 6.10 Å². The molecule has 0 aromatic rings. The molecule has 0 aliphatic carbocycles. The number of aliphatic hydroxyl groups is 1. The fourth-order valence-electron chi connectivity index (χ4n) is 0.341. The Hall–Kier alpha value is -0.230. The first kappa shape index (κ1) is 10.8. The number of carbonyl (C=O) groups is 1. The van der Waals surface area contributed by atoms with Gasteiger partial charge in [0.1, 0.15) is 0 Å². The Morgan fingerprint density at radius 1 is 1.82 bits per heavy atom. The van der Waals surface area contributed by atoms with Crippen LogP contribution in [0.4, 0.5) is 8.78 Å². The number of hydrogen-bond acceptors (Lipinski definition) is 2. The molecule has 0 heterocycles. The van der Waals surface area contributed by atoms with E-state index in [4.69, 9.17) is 5.11 Å². The van der Waals surface area contributed by atoms with Gasteiger partial charge in [0.25, 0.3) is 0 Å². The van der Waals surface area contributed by atoms with Gasteiger partial charge in [-0.1, -0.05) is 0 Å². The predicted molar refractivity (Wildman–Crippen MR) is 38.6 cm³/mol. The van der Waals surface area contributed by atoms with E-state index in [1.54, 1.807) is 0 Å². The monoisotopic (exact) mass is 231 g/mol. The molecule has 3 nitrogen and oxygen atoms in total. The van der Waals surface area contributed by atoms with Gasteiger partial charge in [0.2, 0.25) is 0 Å². The average Bonchev–Trinajstić information content (AvgIpc) is 1.80. The van der Waals surface area contributed by atoms with Crippen LogP contribution in [0.5, 0.6) is 0 Å². The fourth-order valence-corrected chi connectivity index (χ4v) is 0.481. The molecule has 0 radical (unpaired) electrons. The van der Waals surface area contributed by atoms with Crippen LogP contribution in [0.25, 0.3) is 0 Å². The first-order valence-electron chi connectivity index (χ1n) is 2.87. The molecule has 0 aliphatic rings. The second-order valence-electron chi connectivity index (χ2n) is 2.06. The maximum atomic E-state index is 12.0. The molecule has 0 saturated carbocycles. The first-order valence-corrected chi connectivity index (χ1v) is 3.66. The van der Waals surface area contributed by atoms with Crippen LogP contribution in [0.2, 0.25) is 0 Å². The van der Waals surface area contributed by atoms with Crippen molar-refractivity contribution in [1.82, 2.24) is 5.32 Å². The molecule has 0 aromatic carbocycles. The molecule has 11 heavy (non-hydrogen) atoms. The minimum Gasteiger partial charge on any atom is -0.392 e. The molecule has 2 N–H and O–H groups in total. The lowest BCUT2D eigenvalue weighted by molar-refractivity contribution is -0.134. The number of alkyl halides is 3. The number of amides is 1. The topological polar surface area (TPSA) is 49.3 Å². The van der Waals surface area contributed by atoms with Gasteiger partial charge in [-0.2, -0.15) is 8.78 Å². The molecule has 66 valence electrons. The molecular formula is C5H8BrF2NO2. The highest BCUT2D eigenvalue weighted by Gasteiger charge is 2.34. The molecule has 0 saturated heterocycles. The third-order valence-electron chi connectivity index (χ3n) is 0.815. The molecule has 6 heteroatoms. The summed E-state index contributed by atoms with van der Waals surface area (Å²) in [6, 6.07) is 0. The van der Waals surface area contributed by atoms with E-state index in [1.165, 1.54) is 6.92 Å². The summed E-state index contributed by atoms with van der Waals surface area (Å²) in [6.45, 7) is 1.20. The lowest BCUT2D eigenvalue weighted by atomic mass is 10.4. The molecule has 0 fully saturated rings. The molecule has 0 aliphatic heterocycles. The van der Waals surface area contributed by atoms with Gasteiger partial charge in [-0.15, -0.1) is 0 Å². The summed E-state index contributed by atoms with van der Waals surface area (Å²) in [5.74, 6) is -1.45. The number of aliphatic hydroxyl groups excluding tert-OH is 1. The number of hydrogen-bond donors (Lipinski definition) is 2. The van der Waals surface area contributed by atoms with Crippen molar-refractivity contribution in [1.29, 1.82) is 0 Å². The molecular weight excluding hydrogens is 224 g/mol. The molecule has 0 bridgehead atoms. The van der Waals surface area contributed by atoms with E-state index >= 15 is 0 Å². The largest absolute Gasteiger partial charge is 0.392 e. The van der Waals surface area contributed by atoms with Gasteiger partial charge < -0.3 is 10.4 Å². The van der Waals surface area contributed by atoms with Crippen molar-refractivity contribution in [2.75, 3.05) is 6.54 Å². The van der Waals surface area contributed by atoms with Crippen LogP contribution >= 0.6 is 15.9 Å². The molecule has 0 aromatic heterocycles. The second kappa shape index (κ2) is 3.96. The van der Waals surface area contributed by atoms with E-state index in [2.05, 4.69) is 0 Å². The normalized spacial score (nSPS) is 14.3. The van der Waals surface area contributed by atoms with Crippen molar-refractivity contribution in [3.05, 3.63) is 0 Å². The highest BCUT2D eigenvalue weighted by molar-refractivity contribution is 9.10. The maximum absolute atomic E-state index is 12.0. The third kappa shape index (κ3) is 5.09. The van der Waals surface area contributed by atoms with Crippen molar-refractivity contribution >= 4 is 21.8 Å². The summed E-state index contributed by atoms with van der Waals surface area (Å²) in [6.07, 6.45) is -0.825. The lowest BCUT2D eigenvalue weighted by Crippen LogP contribution is -2.39. The van der Waals surface area contributed by atoms with Crippen molar-refractivity contribution in [3.8, 4) is 0 Å². The second-order valence-corrected chi connectivity index (χ2v) is 3.05. The van der Waals surface area contributed by atoms with Gasteiger partial charge in [0.15, 0.2) is 0 Å². The van der Waals surface area contributed by atoms with Gasteiger partial charge in [-0.25, -0.2) is 0 Å². The molecule has 1 atom stereocenters. The summed E-state index contributed by atoms with van der Waals surface area (Å²) in [5.41, 5.74) is 0. The summed E-state index contributed by atoms with van der Waals surface area (Å²) in [4.78, 5) is 6.80. The Kier molecular flexibility index (Phi) is 3.88. The Morgan fingerprint density at radius 2 is 2.27 bits per heavy atom. The van der Waals surface area contributed by atoms with Crippen molar-refractivity contribution in [3.63, 3.8) is 0 Å². The van der Waals surface area contributed by atoms with Gasteiger partial charge in [-0.05, 0) is 6.92 Å². The van der Waals surface area contributed by atoms with Gasteiger partial charge in [-0.3, -0.25) is 4.79 Å². The minimum absolute atomic E-state index is 0.181. The Balaban J connectivity index is 3.71. The third-order valence-corrected chi connectivity index (χ3v) is 1.18. The smallest absolute Gasteiger partial charge is 0.377 e. The van der Waals surface area contributed by atoms with Crippen LogP contribution in [0.1, 0.15) is 6.92 Å². The number of halogens is 3. The Bertz CT molecular complexity index is 146. The highest BCUT2D eigenvalue weighted by atomic mass is 79.9. The lowest BCUT2D eigenvalue weighted by Gasteiger charge is -2.09. The van der Waals surface area contributed by atoms with E-state index in [9.17, 15) is 13.6 Å². The standard InChI is InChI=1S/C5H8BrF2NO2/c1-3(10)2-9-4(11)5(6,7)8/h3,10H,2H2,1H3,(H,9,11). The van der Waals surface area contributed by atoms with Gasteiger partial charge >= 0.3 is 10.7 Å². The van der Waals surface area contributed by atoms with Crippen molar-refractivity contribution in [2.24, 2.45) is 0 Å². The Labute approximate surface area is 70.9 Å². The summed E-state index contributed by atoms with van der Waals surface area (Å²) >= 11 is 1.87. The zero-order chi connectivity index (χ0) is 9.07. The van der Waals surface area contributed by atoms with E-state index in [0.29, 0.717) is 0 Å². The molecule has 0 rings (SSSR count). The first-order chi connectivity index (χ1) is 4.84. The van der Waals surface area contributed by atoms with Crippen molar-refractivity contribution in [2.45, 2.75) is 17.9 Å². The van der Waals surface area contributed by atoms with Crippen LogP contribution < -0.4 is 5.32 Å². The van der Waals surface area contributed by atoms with Crippen LogP contribution in [0.15, 0.2) is 0 Å². The number of carbonyl (C=O) groups excluding carboxylic acids is 1. The SMILES string of the molecule is CC(O)CNC(=O)C(F)(F)Br. The average molecular weight is 232 g/mol. The summed E-state index contributed by atoms with van der Waals surface area (Å²) in [7, 11) is 0. The van der Waals surface area contributed by atoms with E-state index in [1.807, 2.05) is 21.2 Å². The molecule has 1 amide bonds. The van der Waals surface area contributed by atoms with E-state index in [-0.39, 0.29) is 6.54 Å². The highest BCUT2D eigenvalue weighted by Crippen LogP contribution is 2.20.